The molecule has 0 N–H and O–H groups in total. The number of nitrogens with zero attached hydrogens (tertiary/aromatic N) is 3. The molecule has 7 heteroatoms. The number of methoxy groups -OCH3 is 1. The molecule has 25 heavy (non-hydrogen) atoms. The molecular formula is C18H23N3O4. The molecule has 3 rings (SSSR count). The van der Waals surface area contributed by atoms with Gasteiger partial charge in [0.2, 0.25) is 5.91 Å². The van der Waals surface area contributed by atoms with Crippen LogP contribution >= 0.6 is 0 Å². The van der Waals surface area contributed by atoms with E-state index < -0.39 is 5.60 Å². The van der Waals surface area contributed by atoms with Crippen LogP contribution in [0.3, 0.4) is 0 Å². The van der Waals surface area contributed by atoms with Gasteiger partial charge in [-0.15, -0.1) is 0 Å². The summed E-state index contributed by atoms with van der Waals surface area (Å²) in [6.07, 6.45) is 1.37. The van der Waals surface area contributed by atoms with E-state index in [4.69, 9.17) is 9.47 Å². The summed E-state index contributed by atoms with van der Waals surface area (Å²) in [5, 5.41) is 0.385. The molecule has 2 heterocycles. The van der Waals surface area contributed by atoms with Gasteiger partial charge in [0.25, 0.3) is 5.56 Å². The van der Waals surface area contributed by atoms with Crippen LogP contribution in [0.25, 0.3) is 10.9 Å². The number of ether oxygens (including phenoxy) is 2. The first-order valence-corrected chi connectivity index (χ1v) is 8.28. The van der Waals surface area contributed by atoms with Crippen molar-refractivity contribution in [1.82, 2.24) is 14.5 Å². The van der Waals surface area contributed by atoms with Crippen LogP contribution in [0.15, 0.2) is 29.3 Å². The summed E-state index contributed by atoms with van der Waals surface area (Å²) in [6, 6.07) is 5.24. The third kappa shape index (κ3) is 3.51. The molecule has 2 aromatic rings. The smallest absolute Gasteiger partial charge is 0.265 e. The molecule has 0 saturated carbocycles. The topological polar surface area (TPSA) is 73.7 Å². The Balaban J connectivity index is 1.89. The van der Waals surface area contributed by atoms with Crippen molar-refractivity contribution in [2.75, 3.05) is 20.2 Å². The summed E-state index contributed by atoms with van der Waals surface area (Å²) in [5.74, 6) is 0.333. The second-order valence-electron chi connectivity index (χ2n) is 6.99. The molecule has 1 aliphatic heterocycles. The van der Waals surface area contributed by atoms with Crippen LogP contribution in [0.1, 0.15) is 20.8 Å². The summed E-state index contributed by atoms with van der Waals surface area (Å²) < 4.78 is 12.4. The van der Waals surface area contributed by atoms with E-state index in [0.29, 0.717) is 29.7 Å². The average molecular weight is 345 g/mol. The van der Waals surface area contributed by atoms with Crippen LogP contribution in [0, 0.1) is 0 Å². The summed E-state index contributed by atoms with van der Waals surface area (Å²) in [6.45, 7) is 6.81. The number of benzene rings is 1. The summed E-state index contributed by atoms with van der Waals surface area (Å²) in [5.41, 5.74) is -0.131. The van der Waals surface area contributed by atoms with Crippen molar-refractivity contribution in [1.29, 1.82) is 0 Å². The maximum absolute atomic E-state index is 12.8. The van der Waals surface area contributed by atoms with E-state index >= 15 is 0 Å². The second-order valence-corrected chi connectivity index (χ2v) is 6.99. The maximum atomic E-state index is 12.8. The molecule has 0 radical (unpaired) electrons. The van der Waals surface area contributed by atoms with Gasteiger partial charge in [-0.3, -0.25) is 14.2 Å². The summed E-state index contributed by atoms with van der Waals surface area (Å²) in [4.78, 5) is 31.5. The van der Waals surface area contributed by atoms with Crippen LogP contribution in [0.2, 0.25) is 0 Å². The van der Waals surface area contributed by atoms with E-state index in [-0.39, 0.29) is 24.1 Å². The number of fused-ring (bicyclic) bond motifs is 1. The van der Waals surface area contributed by atoms with E-state index in [2.05, 4.69) is 4.98 Å². The number of carbonyl (C=O) groups excluding carboxylic acids is 1. The first-order chi connectivity index (χ1) is 11.8. The highest BCUT2D eigenvalue weighted by molar-refractivity contribution is 5.84. The van der Waals surface area contributed by atoms with Gasteiger partial charge < -0.3 is 14.4 Å². The van der Waals surface area contributed by atoms with Gasteiger partial charge >= 0.3 is 0 Å². The minimum absolute atomic E-state index is 0.0424. The van der Waals surface area contributed by atoms with Crippen molar-refractivity contribution in [3.63, 3.8) is 0 Å². The molecule has 7 nitrogen and oxygen atoms in total. The second kappa shape index (κ2) is 6.48. The van der Waals surface area contributed by atoms with E-state index in [1.807, 2.05) is 20.8 Å². The van der Waals surface area contributed by atoms with E-state index in [0.717, 1.165) is 0 Å². The Labute approximate surface area is 146 Å². The first-order valence-electron chi connectivity index (χ1n) is 8.28. The van der Waals surface area contributed by atoms with Gasteiger partial charge in [-0.25, -0.2) is 4.98 Å². The Kier molecular flexibility index (Phi) is 4.51. The van der Waals surface area contributed by atoms with Gasteiger partial charge in [0.05, 0.1) is 30.7 Å². The highest BCUT2D eigenvalue weighted by atomic mass is 16.5. The van der Waals surface area contributed by atoms with Crippen molar-refractivity contribution in [2.45, 2.75) is 39.0 Å². The normalized spacial score (nSPS) is 19.8. The quantitative estimate of drug-likeness (QED) is 0.841. The van der Waals surface area contributed by atoms with Gasteiger partial charge in [-0.1, -0.05) is 6.07 Å². The molecule has 1 saturated heterocycles. The monoisotopic (exact) mass is 345 g/mol. The first kappa shape index (κ1) is 17.4. The number of hydrogen-bond donors (Lipinski definition) is 0. The predicted molar refractivity (Wildman–Crippen MR) is 93.8 cm³/mol. The molecule has 1 aliphatic rings. The number of aromatic nitrogens is 2. The van der Waals surface area contributed by atoms with Crippen LogP contribution < -0.4 is 10.3 Å². The lowest BCUT2D eigenvalue weighted by Crippen LogP contribution is -2.54. The standard InChI is InChI=1S/C18H23N3O4/c1-12-8-20(10-18(2,3)25-12)15(22)9-21-11-19-13-6-5-7-14(24-4)16(13)17(21)23/h5-7,11-12H,8-10H2,1-4H3. The van der Waals surface area contributed by atoms with E-state index in [1.54, 1.807) is 23.1 Å². The summed E-state index contributed by atoms with van der Waals surface area (Å²) >= 11 is 0. The number of hydrogen-bond acceptors (Lipinski definition) is 5. The Morgan fingerprint density at radius 2 is 2.20 bits per heavy atom. The number of morpholine rings is 1. The third-order valence-electron chi connectivity index (χ3n) is 4.26. The van der Waals surface area contributed by atoms with Crippen molar-refractivity contribution in [2.24, 2.45) is 0 Å². The molecule has 0 spiro atoms. The number of carbonyl (C=O) groups is 1. The molecule has 1 fully saturated rings. The lowest BCUT2D eigenvalue weighted by molar-refractivity contribution is -0.158. The molecule has 0 bridgehead atoms. The van der Waals surface area contributed by atoms with Crippen LogP contribution in [0.5, 0.6) is 5.75 Å². The van der Waals surface area contributed by atoms with Crippen molar-refractivity contribution in [3.8, 4) is 5.75 Å². The average Bonchev–Trinajstić information content (AvgIpc) is 2.55. The fraction of sp³-hybridized carbons (Fsp3) is 0.500. The predicted octanol–water partition coefficient (Wildman–Crippen LogP) is 1.43. The third-order valence-corrected chi connectivity index (χ3v) is 4.26. The number of amides is 1. The zero-order valence-corrected chi connectivity index (χ0v) is 15.0. The molecular weight excluding hydrogens is 322 g/mol. The van der Waals surface area contributed by atoms with E-state index in [9.17, 15) is 9.59 Å². The minimum atomic E-state index is -0.400. The van der Waals surface area contributed by atoms with E-state index in [1.165, 1.54) is 18.0 Å². The van der Waals surface area contributed by atoms with Gasteiger partial charge in [0.1, 0.15) is 17.7 Å². The molecule has 1 unspecified atom stereocenters. The Morgan fingerprint density at radius 3 is 2.88 bits per heavy atom. The highest BCUT2D eigenvalue weighted by Gasteiger charge is 2.33. The lowest BCUT2D eigenvalue weighted by atomic mass is 10.1. The molecule has 134 valence electrons. The summed E-state index contributed by atoms with van der Waals surface area (Å²) in [7, 11) is 1.51. The van der Waals surface area contributed by atoms with Crippen LogP contribution in [-0.4, -0.2) is 52.3 Å². The zero-order chi connectivity index (χ0) is 18.2. The van der Waals surface area contributed by atoms with Crippen LogP contribution in [-0.2, 0) is 16.1 Å². The van der Waals surface area contributed by atoms with Gasteiger partial charge in [0, 0.05) is 13.1 Å². The van der Waals surface area contributed by atoms with Crippen molar-refractivity contribution >= 4 is 16.8 Å². The molecule has 0 aliphatic carbocycles. The SMILES string of the molecule is COc1cccc2ncn(CC(=O)N3CC(C)OC(C)(C)C3)c(=O)c12. The Bertz CT molecular complexity index is 859. The van der Waals surface area contributed by atoms with Gasteiger partial charge in [-0.2, -0.15) is 0 Å². The fourth-order valence-corrected chi connectivity index (χ4v) is 3.34. The Hall–Kier alpha value is -2.41. The van der Waals surface area contributed by atoms with Crippen LogP contribution in [0.4, 0.5) is 0 Å². The van der Waals surface area contributed by atoms with Gasteiger partial charge in [-0.05, 0) is 32.9 Å². The largest absolute Gasteiger partial charge is 0.496 e. The highest BCUT2D eigenvalue weighted by Crippen LogP contribution is 2.22. The molecule has 1 atom stereocenters. The molecule has 1 aromatic heterocycles. The fourth-order valence-electron chi connectivity index (χ4n) is 3.34. The lowest BCUT2D eigenvalue weighted by Gasteiger charge is -2.41. The maximum Gasteiger partial charge on any atom is 0.265 e. The zero-order valence-electron chi connectivity index (χ0n) is 15.0. The van der Waals surface area contributed by atoms with Crippen molar-refractivity contribution < 1.29 is 14.3 Å². The van der Waals surface area contributed by atoms with Crippen molar-refractivity contribution in [3.05, 3.63) is 34.9 Å². The number of rotatable bonds is 3. The molecule has 1 aromatic carbocycles. The molecule has 1 amide bonds. The van der Waals surface area contributed by atoms with Gasteiger partial charge in [0.15, 0.2) is 0 Å². The Morgan fingerprint density at radius 1 is 1.44 bits per heavy atom. The minimum Gasteiger partial charge on any atom is -0.496 e.